The molecule has 98 valence electrons. The predicted molar refractivity (Wildman–Crippen MR) is 77.1 cm³/mol. The van der Waals surface area contributed by atoms with Gasteiger partial charge in [-0.05, 0) is 50.3 Å². The molecule has 0 bridgehead atoms. The number of nitrogens with one attached hydrogen (secondary N) is 1. The Kier molecular flexibility index (Phi) is 4.53. The van der Waals surface area contributed by atoms with E-state index >= 15 is 0 Å². The fourth-order valence-corrected chi connectivity index (χ4v) is 2.42. The molecular formula is C14H20N2OS. The van der Waals surface area contributed by atoms with E-state index in [1.165, 1.54) is 17.7 Å². The van der Waals surface area contributed by atoms with Gasteiger partial charge in [0.1, 0.15) is 0 Å². The second-order valence-corrected chi connectivity index (χ2v) is 5.37. The molecule has 1 aliphatic rings. The summed E-state index contributed by atoms with van der Waals surface area (Å²) in [6.45, 7) is 3.25. The highest BCUT2D eigenvalue weighted by molar-refractivity contribution is 7.98. The fourth-order valence-electron chi connectivity index (χ4n) is 2.01. The maximum Gasteiger partial charge on any atom is 0.242 e. The Bertz CT molecular complexity index is 401. The highest BCUT2D eigenvalue weighted by Gasteiger charge is 2.30. The van der Waals surface area contributed by atoms with Gasteiger partial charge in [0.05, 0.1) is 6.54 Å². The van der Waals surface area contributed by atoms with Crippen LogP contribution in [0.5, 0.6) is 0 Å². The van der Waals surface area contributed by atoms with Crippen LogP contribution in [0, 0.1) is 0 Å². The standard InChI is InChI=1S/C14H20N2OS/c1-3-16(12-6-7-12)14(17)10-15-11-4-8-13(18-2)9-5-11/h4-5,8-9,12,15H,3,6-7,10H2,1-2H3. The molecule has 1 N–H and O–H groups in total. The van der Waals surface area contributed by atoms with Gasteiger partial charge in [-0.15, -0.1) is 11.8 Å². The van der Waals surface area contributed by atoms with Crippen molar-refractivity contribution in [1.29, 1.82) is 0 Å². The Morgan fingerprint density at radius 3 is 2.56 bits per heavy atom. The van der Waals surface area contributed by atoms with Crippen molar-refractivity contribution in [1.82, 2.24) is 4.90 Å². The van der Waals surface area contributed by atoms with Crippen molar-refractivity contribution in [3.05, 3.63) is 24.3 Å². The summed E-state index contributed by atoms with van der Waals surface area (Å²) in [7, 11) is 0. The normalized spacial score (nSPS) is 14.3. The monoisotopic (exact) mass is 264 g/mol. The number of carbonyl (C=O) groups excluding carboxylic acids is 1. The van der Waals surface area contributed by atoms with E-state index in [0.717, 1.165) is 12.2 Å². The maximum absolute atomic E-state index is 12.0. The van der Waals surface area contributed by atoms with E-state index in [0.29, 0.717) is 12.6 Å². The van der Waals surface area contributed by atoms with Crippen LogP contribution >= 0.6 is 11.8 Å². The number of rotatable bonds is 6. The zero-order valence-corrected chi connectivity index (χ0v) is 11.8. The zero-order chi connectivity index (χ0) is 13.0. The SMILES string of the molecule is CCN(C(=O)CNc1ccc(SC)cc1)C1CC1. The summed E-state index contributed by atoms with van der Waals surface area (Å²) in [6, 6.07) is 8.67. The summed E-state index contributed by atoms with van der Waals surface area (Å²) in [6.07, 6.45) is 4.39. The predicted octanol–water partition coefficient (Wildman–Crippen LogP) is 2.83. The summed E-state index contributed by atoms with van der Waals surface area (Å²) in [5, 5.41) is 3.19. The average molecular weight is 264 g/mol. The topological polar surface area (TPSA) is 32.3 Å². The Labute approximate surface area is 113 Å². The molecule has 1 aliphatic carbocycles. The van der Waals surface area contributed by atoms with Crippen LogP contribution in [-0.4, -0.2) is 36.2 Å². The smallest absolute Gasteiger partial charge is 0.242 e. The molecule has 0 atom stereocenters. The second kappa shape index (κ2) is 6.14. The first kappa shape index (κ1) is 13.3. The Hall–Kier alpha value is -1.16. The lowest BCUT2D eigenvalue weighted by molar-refractivity contribution is -0.129. The number of nitrogens with zero attached hydrogens (tertiary/aromatic N) is 1. The van der Waals surface area contributed by atoms with Gasteiger partial charge < -0.3 is 10.2 Å². The Balaban J connectivity index is 1.84. The molecule has 1 fully saturated rings. The number of amides is 1. The van der Waals surface area contributed by atoms with E-state index in [2.05, 4.69) is 23.7 Å². The number of likely N-dealkylation sites (N-methyl/N-ethyl adjacent to an activating group) is 1. The molecule has 18 heavy (non-hydrogen) atoms. The van der Waals surface area contributed by atoms with E-state index in [1.807, 2.05) is 24.0 Å². The van der Waals surface area contributed by atoms with Crippen LogP contribution in [0.1, 0.15) is 19.8 Å². The van der Waals surface area contributed by atoms with E-state index in [-0.39, 0.29) is 5.91 Å². The maximum atomic E-state index is 12.0. The van der Waals surface area contributed by atoms with Gasteiger partial charge in [0.2, 0.25) is 5.91 Å². The van der Waals surface area contributed by atoms with Crippen LogP contribution in [0.4, 0.5) is 5.69 Å². The number of benzene rings is 1. The molecule has 0 aromatic heterocycles. The molecule has 1 aromatic carbocycles. The molecule has 0 radical (unpaired) electrons. The Morgan fingerprint density at radius 2 is 2.06 bits per heavy atom. The van der Waals surface area contributed by atoms with Crippen LogP contribution in [0.2, 0.25) is 0 Å². The lowest BCUT2D eigenvalue weighted by Crippen LogP contribution is -2.37. The third-order valence-corrected chi connectivity index (χ3v) is 3.93. The highest BCUT2D eigenvalue weighted by atomic mass is 32.2. The largest absolute Gasteiger partial charge is 0.376 e. The second-order valence-electron chi connectivity index (χ2n) is 4.49. The van der Waals surface area contributed by atoms with Gasteiger partial charge in [0.25, 0.3) is 0 Å². The molecule has 2 rings (SSSR count). The molecule has 0 saturated heterocycles. The van der Waals surface area contributed by atoms with Gasteiger partial charge >= 0.3 is 0 Å². The molecule has 1 saturated carbocycles. The zero-order valence-electron chi connectivity index (χ0n) is 11.0. The van der Waals surface area contributed by atoms with E-state index < -0.39 is 0 Å². The van der Waals surface area contributed by atoms with Gasteiger partial charge in [-0.1, -0.05) is 0 Å². The number of hydrogen-bond acceptors (Lipinski definition) is 3. The van der Waals surface area contributed by atoms with Crippen molar-refractivity contribution in [3.63, 3.8) is 0 Å². The number of anilines is 1. The molecule has 0 aliphatic heterocycles. The van der Waals surface area contributed by atoms with Crippen molar-refractivity contribution < 1.29 is 4.79 Å². The molecule has 0 spiro atoms. The lowest BCUT2D eigenvalue weighted by atomic mass is 10.3. The summed E-state index contributed by atoms with van der Waals surface area (Å²) in [5.74, 6) is 0.203. The van der Waals surface area contributed by atoms with Crippen LogP contribution < -0.4 is 5.32 Å². The van der Waals surface area contributed by atoms with Gasteiger partial charge in [0, 0.05) is 23.2 Å². The van der Waals surface area contributed by atoms with Crippen molar-refractivity contribution in [2.75, 3.05) is 24.7 Å². The molecule has 0 heterocycles. The van der Waals surface area contributed by atoms with Crippen molar-refractivity contribution in [2.45, 2.75) is 30.7 Å². The summed E-state index contributed by atoms with van der Waals surface area (Å²) >= 11 is 1.72. The molecule has 3 nitrogen and oxygen atoms in total. The summed E-state index contributed by atoms with van der Waals surface area (Å²) < 4.78 is 0. The quantitative estimate of drug-likeness (QED) is 0.802. The average Bonchev–Trinajstić information content (AvgIpc) is 3.22. The first-order valence-corrected chi connectivity index (χ1v) is 7.64. The minimum atomic E-state index is 0.203. The number of hydrogen-bond donors (Lipinski definition) is 1. The first-order valence-electron chi connectivity index (χ1n) is 6.42. The van der Waals surface area contributed by atoms with Crippen molar-refractivity contribution >= 4 is 23.4 Å². The van der Waals surface area contributed by atoms with Gasteiger partial charge in [-0.25, -0.2) is 0 Å². The summed E-state index contributed by atoms with van der Waals surface area (Å²) in [5.41, 5.74) is 1.01. The minimum absolute atomic E-state index is 0.203. The molecule has 0 unspecified atom stereocenters. The van der Waals surface area contributed by atoms with Crippen LogP contribution in [0.15, 0.2) is 29.2 Å². The highest BCUT2D eigenvalue weighted by Crippen LogP contribution is 2.26. The molecule has 4 heteroatoms. The number of thioether (sulfide) groups is 1. The van der Waals surface area contributed by atoms with Crippen LogP contribution in [0.3, 0.4) is 0 Å². The molecule has 1 amide bonds. The van der Waals surface area contributed by atoms with Crippen LogP contribution in [-0.2, 0) is 4.79 Å². The van der Waals surface area contributed by atoms with Crippen LogP contribution in [0.25, 0.3) is 0 Å². The van der Waals surface area contributed by atoms with E-state index in [9.17, 15) is 4.79 Å². The van der Waals surface area contributed by atoms with Gasteiger partial charge in [0.15, 0.2) is 0 Å². The third-order valence-electron chi connectivity index (χ3n) is 3.18. The summed E-state index contributed by atoms with van der Waals surface area (Å²) in [4.78, 5) is 15.2. The third kappa shape index (κ3) is 3.42. The van der Waals surface area contributed by atoms with Gasteiger partial charge in [-0.2, -0.15) is 0 Å². The van der Waals surface area contributed by atoms with Gasteiger partial charge in [-0.3, -0.25) is 4.79 Å². The molecular weight excluding hydrogens is 244 g/mol. The van der Waals surface area contributed by atoms with E-state index in [4.69, 9.17) is 0 Å². The van der Waals surface area contributed by atoms with Crippen molar-refractivity contribution in [3.8, 4) is 0 Å². The molecule has 1 aromatic rings. The minimum Gasteiger partial charge on any atom is -0.376 e. The number of carbonyl (C=O) groups is 1. The first-order chi connectivity index (χ1) is 8.74. The van der Waals surface area contributed by atoms with E-state index in [1.54, 1.807) is 11.8 Å². The van der Waals surface area contributed by atoms with Crippen molar-refractivity contribution in [2.24, 2.45) is 0 Å². The Morgan fingerprint density at radius 1 is 1.39 bits per heavy atom. The lowest BCUT2D eigenvalue weighted by Gasteiger charge is -2.20. The fraction of sp³-hybridized carbons (Fsp3) is 0.500.